The summed E-state index contributed by atoms with van der Waals surface area (Å²) >= 11 is 0. The maximum atomic E-state index is 13.3. The standard InChI is InChI=1S/C18H11F3N4O/c19-18(20,21)14-4-2-1-3-12(14)15-7-10(8-16(26)24-15)11-5-6-22-17-13(11)9-23-25-17/h1-9H,(H,24,26)(H,22,23,25). The highest BCUT2D eigenvalue weighted by molar-refractivity contribution is 5.92. The average Bonchev–Trinajstić information content (AvgIpc) is 3.09. The van der Waals surface area contributed by atoms with Gasteiger partial charge in [-0.3, -0.25) is 9.89 Å². The molecule has 130 valence electrons. The Hall–Kier alpha value is -3.42. The Kier molecular flexibility index (Phi) is 3.61. The van der Waals surface area contributed by atoms with E-state index >= 15 is 0 Å². The molecule has 0 unspecified atom stereocenters. The second kappa shape index (κ2) is 5.83. The zero-order valence-electron chi connectivity index (χ0n) is 13.1. The molecule has 0 atom stereocenters. The van der Waals surface area contributed by atoms with Crippen LogP contribution in [0.1, 0.15) is 5.56 Å². The normalized spacial score (nSPS) is 11.8. The average molecular weight is 356 g/mol. The fourth-order valence-electron chi connectivity index (χ4n) is 2.91. The topological polar surface area (TPSA) is 74.4 Å². The predicted molar refractivity (Wildman–Crippen MR) is 90.4 cm³/mol. The molecule has 0 saturated carbocycles. The van der Waals surface area contributed by atoms with Gasteiger partial charge >= 0.3 is 6.18 Å². The van der Waals surface area contributed by atoms with Crippen molar-refractivity contribution < 1.29 is 13.2 Å². The molecule has 0 aliphatic heterocycles. The predicted octanol–water partition coefficient (Wildman–Crippen LogP) is 4.00. The number of hydrogen-bond donors (Lipinski definition) is 2. The molecule has 3 heterocycles. The summed E-state index contributed by atoms with van der Waals surface area (Å²) in [5.74, 6) is 0. The number of H-pyrrole nitrogens is 2. The largest absolute Gasteiger partial charge is 0.417 e. The highest BCUT2D eigenvalue weighted by Crippen LogP contribution is 2.37. The molecule has 8 heteroatoms. The lowest BCUT2D eigenvalue weighted by molar-refractivity contribution is -0.137. The fraction of sp³-hybridized carbons (Fsp3) is 0.0556. The molecule has 0 radical (unpaired) electrons. The molecular weight excluding hydrogens is 345 g/mol. The van der Waals surface area contributed by atoms with Gasteiger partial charge in [0.2, 0.25) is 5.56 Å². The second-order valence-electron chi connectivity index (χ2n) is 5.68. The first kappa shape index (κ1) is 16.1. The quantitative estimate of drug-likeness (QED) is 0.570. The van der Waals surface area contributed by atoms with Gasteiger partial charge in [-0.25, -0.2) is 4.98 Å². The molecule has 5 nitrogen and oxygen atoms in total. The monoisotopic (exact) mass is 356 g/mol. The molecule has 0 saturated heterocycles. The molecule has 0 aliphatic carbocycles. The summed E-state index contributed by atoms with van der Waals surface area (Å²) in [6, 6.07) is 9.67. The van der Waals surface area contributed by atoms with Crippen LogP contribution in [0.5, 0.6) is 0 Å². The van der Waals surface area contributed by atoms with Crippen molar-refractivity contribution in [3.05, 3.63) is 70.8 Å². The molecule has 3 aromatic heterocycles. The van der Waals surface area contributed by atoms with Crippen LogP contribution in [0.2, 0.25) is 0 Å². The Morgan fingerprint density at radius 3 is 2.62 bits per heavy atom. The van der Waals surface area contributed by atoms with Gasteiger partial charge in [0.1, 0.15) is 0 Å². The minimum absolute atomic E-state index is 0.0866. The van der Waals surface area contributed by atoms with Gasteiger partial charge < -0.3 is 4.98 Å². The van der Waals surface area contributed by atoms with Gasteiger partial charge in [-0.2, -0.15) is 18.3 Å². The molecule has 26 heavy (non-hydrogen) atoms. The number of pyridine rings is 2. The number of nitrogens with zero attached hydrogens (tertiary/aromatic N) is 2. The Balaban J connectivity index is 1.95. The maximum absolute atomic E-state index is 13.3. The van der Waals surface area contributed by atoms with Crippen LogP contribution in [-0.4, -0.2) is 20.2 Å². The summed E-state index contributed by atoms with van der Waals surface area (Å²) in [6.45, 7) is 0. The van der Waals surface area contributed by atoms with E-state index in [0.717, 1.165) is 6.07 Å². The lowest BCUT2D eigenvalue weighted by atomic mass is 9.99. The third kappa shape index (κ3) is 2.75. The van der Waals surface area contributed by atoms with Crippen LogP contribution in [0.15, 0.2) is 59.7 Å². The van der Waals surface area contributed by atoms with E-state index in [1.54, 1.807) is 18.5 Å². The van der Waals surface area contributed by atoms with Crippen molar-refractivity contribution in [1.29, 1.82) is 0 Å². The van der Waals surface area contributed by atoms with Gasteiger partial charge in [0, 0.05) is 28.9 Å². The number of aromatic nitrogens is 4. The van der Waals surface area contributed by atoms with Crippen LogP contribution >= 0.6 is 0 Å². The van der Waals surface area contributed by atoms with Crippen molar-refractivity contribution in [2.45, 2.75) is 6.18 Å². The zero-order chi connectivity index (χ0) is 18.3. The lowest BCUT2D eigenvalue weighted by Gasteiger charge is -2.13. The molecule has 0 fully saturated rings. The Morgan fingerprint density at radius 2 is 1.81 bits per heavy atom. The SMILES string of the molecule is O=c1cc(-c2ccnc3[nH]ncc23)cc(-c2ccccc2C(F)(F)F)[nH]1. The summed E-state index contributed by atoms with van der Waals surface area (Å²) in [7, 11) is 0. The molecule has 4 rings (SSSR count). The minimum Gasteiger partial charge on any atom is -0.322 e. The van der Waals surface area contributed by atoms with Crippen molar-refractivity contribution in [2.24, 2.45) is 0 Å². The van der Waals surface area contributed by atoms with E-state index in [1.165, 1.54) is 30.3 Å². The number of alkyl halides is 3. The van der Waals surface area contributed by atoms with Gasteiger partial charge in [-0.05, 0) is 29.3 Å². The molecule has 0 bridgehead atoms. The van der Waals surface area contributed by atoms with Crippen molar-refractivity contribution >= 4 is 11.0 Å². The first-order valence-electron chi connectivity index (χ1n) is 7.63. The van der Waals surface area contributed by atoms with Crippen molar-refractivity contribution in [1.82, 2.24) is 20.2 Å². The summed E-state index contributed by atoms with van der Waals surface area (Å²) in [5, 5.41) is 7.31. The smallest absolute Gasteiger partial charge is 0.322 e. The number of nitrogens with one attached hydrogen (secondary N) is 2. The van der Waals surface area contributed by atoms with Gasteiger partial charge in [0.15, 0.2) is 5.65 Å². The number of halogens is 3. The maximum Gasteiger partial charge on any atom is 0.417 e. The molecule has 0 aliphatic rings. The van der Waals surface area contributed by atoms with Crippen LogP contribution in [0, 0.1) is 0 Å². The molecular formula is C18H11F3N4O. The van der Waals surface area contributed by atoms with E-state index in [2.05, 4.69) is 20.2 Å². The summed E-state index contributed by atoms with van der Waals surface area (Å²) in [6.07, 6.45) is -1.43. The third-order valence-corrected chi connectivity index (χ3v) is 4.03. The Bertz CT molecular complexity index is 1160. The van der Waals surface area contributed by atoms with Crippen LogP contribution in [0.25, 0.3) is 33.4 Å². The third-order valence-electron chi connectivity index (χ3n) is 4.03. The zero-order valence-corrected chi connectivity index (χ0v) is 13.1. The van der Waals surface area contributed by atoms with Gasteiger partial charge in [0.05, 0.1) is 11.8 Å². The van der Waals surface area contributed by atoms with Crippen molar-refractivity contribution in [3.8, 4) is 22.4 Å². The Labute approximate surface area is 144 Å². The van der Waals surface area contributed by atoms with Crippen LogP contribution < -0.4 is 5.56 Å². The van der Waals surface area contributed by atoms with Gasteiger partial charge in [-0.15, -0.1) is 0 Å². The highest BCUT2D eigenvalue weighted by Gasteiger charge is 2.33. The first-order valence-corrected chi connectivity index (χ1v) is 7.63. The number of aromatic amines is 2. The number of rotatable bonds is 2. The van der Waals surface area contributed by atoms with Gasteiger partial charge in [-0.1, -0.05) is 18.2 Å². The van der Waals surface area contributed by atoms with Crippen LogP contribution in [-0.2, 0) is 6.18 Å². The minimum atomic E-state index is -4.53. The van der Waals surface area contributed by atoms with E-state index in [4.69, 9.17) is 0 Å². The van der Waals surface area contributed by atoms with Crippen molar-refractivity contribution in [3.63, 3.8) is 0 Å². The molecule has 0 spiro atoms. The number of benzene rings is 1. The van der Waals surface area contributed by atoms with Gasteiger partial charge in [0.25, 0.3) is 0 Å². The molecule has 1 aromatic carbocycles. The number of fused-ring (bicyclic) bond motifs is 1. The summed E-state index contributed by atoms with van der Waals surface area (Å²) in [5.41, 5.74) is 0.361. The van der Waals surface area contributed by atoms with Crippen LogP contribution in [0.4, 0.5) is 13.2 Å². The Morgan fingerprint density at radius 1 is 1.00 bits per heavy atom. The van der Waals surface area contributed by atoms with E-state index in [0.29, 0.717) is 22.2 Å². The van der Waals surface area contributed by atoms with E-state index in [-0.39, 0.29) is 11.3 Å². The second-order valence-corrected chi connectivity index (χ2v) is 5.68. The summed E-state index contributed by atoms with van der Waals surface area (Å²) in [4.78, 5) is 18.7. The highest BCUT2D eigenvalue weighted by atomic mass is 19.4. The first-order chi connectivity index (χ1) is 12.4. The molecule has 0 amide bonds. The molecule has 2 N–H and O–H groups in total. The van der Waals surface area contributed by atoms with Crippen molar-refractivity contribution in [2.75, 3.05) is 0 Å². The van der Waals surface area contributed by atoms with E-state index < -0.39 is 17.3 Å². The lowest BCUT2D eigenvalue weighted by Crippen LogP contribution is -2.10. The van der Waals surface area contributed by atoms with Crippen LogP contribution in [0.3, 0.4) is 0 Å². The summed E-state index contributed by atoms with van der Waals surface area (Å²) < 4.78 is 39.9. The fourth-order valence-corrected chi connectivity index (χ4v) is 2.91. The number of hydrogen-bond acceptors (Lipinski definition) is 3. The molecule has 4 aromatic rings. The van der Waals surface area contributed by atoms with E-state index in [9.17, 15) is 18.0 Å². The van der Waals surface area contributed by atoms with E-state index in [1.807, 2.05) is 0 Å².